The third kappa shape index (κ3) is 2.74. The standard InChI is InChI=1S/C14H19ClFN/c1-2-11-5-4-8-17(10-11)14-7-3-6-13(16)12(14)9-15/h3,6-7,11H,2,4-5,8-10H2,1H3. The van der Waals surface area contributed by atoms with E-state index in [-0.39, 0.29) is 11.7 Å². The fraction of sp³-hybridized carbons (Fsp3) is 0.571. The molecule has 1 nitrogen and oxygen atoms in total. The van der Waals surface area contributed by atoms with Crippen molar-refractivity contribution in [2.75, 3.05) is 18.0 Å². The first-order chi connectivity index (χ1) is 8.26. The van der Waals surface area contributed by atoms with Gasteiger partial charge in [0.2, 0.25) is 0 Å². The summed E-state index contributed by atoms with van der Waals surface area (Å²) in [6, 6.07) is 5.25. The zero-order valence-electron chi connectivity index (χ0n) is 10.3. The first-order valence-corrected chi connectivity index (χ1v) is 6.88. The monoisotopic (exact) mass is 255 g/mol. The minimum absolute atomic E-state index is 0.184. The first-order valence-electron chi connectivity index (χ1n) is 6.34. The maximum absolute atomic E-state index is 13.7. The van der Waals surface area contributed by atoms with E-state index in [1.165, 1.54) is 25.3 Å². The van der Waals surface area contributed by atoms with E-state index in [4.69, 9.17) is 11.6 Å². The number of piperidine rings is 1. The maximum Gasteiger partial charge on any atom is 0.129 e. The number of alkyl halides is 1. The second kappa shape index (κ2) is 5.72. The highest BCUT2D eigenvalue weighted by atomic mass is 35.5. The molecule has 0 aliphatic carbocycles. The van der Waals surface area contributed by atoms with Crippen LogP contribution in [0.1, 0.15) is 31.7 Å². The summed E-state index contributed by atoms with van der Waals surface area (Å²) >= 11 is 5.86. The summed E-state index contributed by atoms with van der Waals surface area (Å²) < 4.78 is 13.7. The lowest BCUT2D eigenvalue weighted by atomic mass is 9.95. The van der Waals surface area contributed by atoms with Gasteiger partial charge in [-0.1, -0.05) is 19.4 Å². The molecule has 1 aliphatic heterocycles. The van der Waals surface area contributed by atoms with E-state index in [0.717, 1.165) is 24.7 Å². The lowest BCUT2D eigenvalue weighted by molar-refractivity contribution is 0.404. The fourth-order valence-corrected chi connectivity index (χ4v) is 2.86. The Morgan fingerprint density at radius 3 is 3.00 bits per heavy atom. The van der Waals surface area contributed by atoms with E-state index < -0.39 is 0 Å². The fourth-order valence-electron chi connectivity index (χ4n) is 2.59. The van der Waals surface area contributed by atoms with Crippen molar-refractivity contribution >= 4 is 17.3 Å². The van der Waals surface area contributed by atoms with E-state index in [1.54, 1.807) is 6.07 Å². The normalized spacial score (nSPS) is 20.6. The van der Waals surface area contributed by atoms with Crippen molar-refractivity contribution < 1.29 is 4.39 Å². The summed E-state index contributed by atoms with van der Waals surface area (Å²) in [5, 5.41) is 0. The molecule has 1 fully saturated rings. The molecule has 1 aromatic rings. The van der Waals surface area contributed by atoms with Gasteiger partial charge in [-0.2, -0.15) is 0 Å². The van der Waals surface area contributed by atoms with Crippen molar-refractivity contribution in [3.05, 3.63) is 29.6 Å². The third-order valence-electron chi connectivity index (χ3n) is 3.66. The van der Waals surface area contributed by atoms with Crippen LogP contribution in [0.15, 0.2) is 18.2 Å². The number of rotatable bonds is 3. The van der Waals surface area contributed by atoms with Crippen molar-refractivity contribution in [3.63, 3.8) is 0 Å². The molecule has 1 heterocycles. The number of benzene rings is 1. The van der Waals surface area contributed by atoms with Gasteiger partial charge in [0, 0.05) is 24.3 Å². The SMILES string of the molecule is CCC1CCCN(c2cccc(F)c2CCl)C1. The second-order valence-electron chi connectivity index (χ2n) is 4.73. The molecular weight excluding hydrogens is 237 g/mol. The van der Waals surface area contributed by atoms with Gasteiger partial charge in [0.25, 0.3) is 0 Å². The van der Waals surface area contributed by atoms with Gasteiger partial charge in [-0.05, 0) is 30.9 Å². The van der Waals surface area contributed by atoms with Gasteiger partial charge < -0.3 is 4.90 Å². The summed E-state index contributed by atoms with van der Waals surface area (Å²) in [4.78, 5) is 2.29. The second-order valence-corrected chi connectivity index (χ2v) is 5.00. The van der Waals surface area contributed by atoms with Gasteiger partial charge in [0.15, 0.2) is 0 Å². The van der Waals surface area contributed by atoms with Gasteiger partial charge in [-0.15, -0.1) is 11.6 Å². The highest BCUT2D eigenvalue weighted by Gasteiger charge is 2.21. The summed E-state index contributed by atoms with van der Waals surface area (Å²) in [7, 11) is 0. The van der Waals surface area contributed by atoms with Crippen LogP contribution in [0, 0.1) is 11.7 Å². The Morgan fingerprint density at radius 1 is 1.47 bits per heavy atom. The summed E-state index contributed by atoms with van der Waals surface area (Å²) in [5.41, 5.74) is 1.63. The average Bonchev–Trinajstić information content (AvgIpc) is 2.38. The molecular formula is C14H19ClFN. The van der Waals surface area contributed by atoms with Crippen molar-refractivity contribution in [3.8, 4) is 0 Å². The smallest absolute Gasteiger partial charge is 0.129 e. The van der Waals surface area contributed by atoms with Gasteiger partial charge >= 0.3 is 0 Å². The number of hydrogen-bond acceptors (Lipinski definition) is 1. The summed E-state index contributed by atoms with van der Waals surface area (Å²) in [6.45, 7) is 4.27. The average molecular weight is 256 g/mol. The molecule has 0 amide bonds. The highest BCUT2D eigenvalue weighted by molar-refractivity contribution is 6.17. The molecule has 0 spiro atoms. The van der Waals surface area contributed by atoms with E-state index in [2.05, 4.69) is 11.8 Å². The Bertz CT molecular complexity index is 380. The quantitative estimate of drug-likeness (QED) is 0.732. The van der Waals surface area contributed by atoms with Crippen LogP contribution < -0.4 is 4.90 Å². The Balaban J connectivity index is 2.24. The molecule has 1 aromatic carbocycles. The van der Waals surface area contributed by atoms with Gasteiger partial charge in [-0.3, -0.25) is 0 Å². The van der Waals surface area contributed by atoms with Crippen LogP contribution in [0.5, 0.6) is 0 Å². The molecule has 94 valence electrons. The van der Waals surface area contributed by atoms with Crippen LogP contribution in [0.25, 0.3) is 0 Å². The minimum atomic E-state index is -0.184. The number of anilines is 1. The molecule has 0 aromatic heterocycles. The minimum Gasteiger partial charge on any atom is -0.371 e. The van der Waals surface area contributed by atoms with E-state index in [0.29, 0.717) is 5.56 Å². The topological polar surface area (TPSA) is 3.24 Å². The van der Waals surface area contributed by atoms with Crippen LogP contribution in [0.2, 0.25) is 0 Å². The van der Waals surface area contributed by atoms with E-state index in [9.17, 15) is 4.39 Å². The zero-order chi connectivity index (χ0) is 12.3. The molecule has 2 rings (SSSR count). The van der Waals surface area contributed by atoms with Gasteiger partial charge in [0.05, 0.1) is 5.88 Å². The predicted molar refractivity (Wildman–Crippen MR) is 71.2 cm³/mol. The van der Waals surface area contributed by atoms with Crippen LogP contribution in [-0.2, 0) is 5.88 Å². The molecule has 1 unspecified atom stereocenters. The maximum atomic E-state index is 13.7. The van der Waals surface area contributed by atoms with Crippen molar-refractivity contribution in [1.29, 1.82) is 0 Å². The van der Waals surface area contributed by atoms with E-state index in [1.807, 2.05) is 6.07 Å². The largest absolute Gasteiger partial charge is 0.371 e. The van der Waals surface area contributed by atoms with Crippen LogP contribution in [0.3, 0.4) is 0 Å². The van der Waals surface area contributed by atoms with Crippen molar-refractivity contribution in [1.82, 2.24) is 0 Å². The van der Waals surface area contributed by atoms with Crippen LogP contribution >= 0.6 is 11.6 Å². The van der Waals surface area contributed by atoms with Crippen LogP contribution in [0.4, 0.5) is 10.1 Å². The number of halogens is 2. The first kappa shape index (κ1) is 12.7. The number of hydrogen-bond donors (Lipinski definition) is 0. The molecule has 1 saturated heterocycles. The van der Waals surface area contributed by atoms with Gasteiger partial charge in [0.1, 0.15) is 5.82 Å². The van der Waals surface area contributed by atoms with E-state index >= 15 is 0 Å². The Morgan fingerprint density at radius 2 is 2.29 bits per heavy atom. The van der Waals surface area contributed by atoms with Crippen LogP contribution in [-0.4, -0.2) is 13.1 Å². The Kier molecular flexibility index (Phi) is 4.27. The molecule has 1 atom stereocenters. The predicted octanol–water partition coefficient (Wildman–Crippen LogP) is 4.19. The van der Waals surface area contributed by atoms with Crippen molar-refractivity contribution in [2.45, 2.75) is 32.1 Å². The molecule has 1 aliphatic rings. The molecule has 17 heavy (non-hydrogen) atoms. The molecule has 0 saturated carbocycles. The molecule has 0 bridgehead atoms. The lowest BCUT2D eigenvalue weighted by Gasteiger charge is -2.35. The van der Waals surface area contributed by atoms with Gasteiger partial charge in [-0.25, -0.2) is 4.39 Å². The summed E-state index contributed by atoms with van der Waals surface area (Å²) in [6.07, 6.45) is 3.68. The molecule has 0 N–H and O–H groups in total. The van der Waals surface area contributed by atoms with Crippen molar-refractivity contribution in [2.24, 2.45) is 5.92 Å². The Labute approximate surface area is 108 Å². The lowest BCUT2D eigenvalue weighted by Crippen LogP contribution is -2.35. The molecule has 0 radical (unpaired) electrons. The number of nitrogens with zero attached hydrogens (tertiary/aromatic N) is 1. The third-order valence-corrected chi connectivity index (χ3v) is 3.93. The summed E-state index contributed by atoms with van der Waals surface area (Å²) in [5.74, 6) is 0.793. The zero-order valence-corrected chi connectivity index (χ0v) is 11.0. The highest BCUT2D eigenvalue weighted by Crippen LogP contribution is 2.29. The molecule has 3 heteroatoms. The Hall–Kier alpha value is -0.760.